The molecule has 0 atom stereocenters. The molecule has 0 saturated heterocycles. The fourth-order valence-electron chi connectivity index (χ4n) is 1.83. The lowest BCUT2D eigenvalue weighted by atomic mass is 10.3. The smallest absolute Gasteiger partial charge is 0.260 e. The second-order valence-electron chi connectivity index (χ2n) is 4.88. The van der Waals surface area contributed by atoms with Crippen LogP contribution in [0.3, 0.4) is 0 Å². The fraction of sp³-hybridized carbons (Fsp3) is 0.176. The summed E-state index contributed by atoms with van der Waals surface area (Å²) in [6.07, 6.45) is 0. The Morgan fingerprint density at radius 3 is 2.43 bits per heavy atom. The molecule has 0 radical (unpaired) electrons. The van der Waals surface area contributed by atoms with Crippen molar-refractivity contribution in [2.24, 2.45) is 0 Å². The summed E-state index contributed by atoms with van der Waals surface area (Å²) in [4.78, 5) is 25.2. The summed E-state index contributed by atoms with van der Waals surface area (Å²) in [5.41, 5.74) is 0.514. The van der Waals surface area contributed by atoms with E-state index in [0.717, 1.165) is 0 Å². The molecule has 0 aliphatic heterocycles. The van der Waals surface area contributed by atoms with Crippen LogP contribution in [0.15, 0.2) is 54.6 Å². The van der Waals surface area contributed by atoms with Crippen LogP contribution in [0.5, 0.6) is 5.75 Å². The van der Waals surface area contributed by atoms with E-state index in [1.54, 1.807) is 43.4 Å². The Labute approximate surface area is 139 Å². The second-order valence-corrected chi connectivity index (χ2v) is 5.29. The molecule has 120 valence electrons. The van der Waals surface area contributed by atoms with E-state index in [1.165, 1.54) is 4.90 Å². The highest BCUT2D eigenvalue weighted by Gasteiger charge is 2.14. The van der Waals surface area contributed by atoms with E-state index in [4.69, 9.17) is 16.3 Å². The van der Waals surface area contributed by atoms with Crippen LogP contribution < -0.4 is 10.1 Å². The Hall–Kier alpha value is -2.53. The van der Waals surface area contributed by atoms with Crippen molar-refractivity contribution in [3.8, 4) is 5.75 Å². The number of likely N-dealkylation sites (N-methyl/N-ethyl adjacent to an activating group) is 1. The Bertz CT molecular complexity index is 677. The lowest BCUT2D eigenvalue weighted by Crippen LogP contribution is -2.37. The third-order valence-electron chi connectivity index (χ3n) is 3.06. The van der Waals surface area contributed by atoms with Crippen molar-refractivity contribution >= 4 is 29.1 Å². The van der Waals surface area contributed by atoms with Crippen molar-refractivity contribution in [3.05, 3.63) is 59.6 Å². The first-order chi connectivity index (χ1) is 11.1. The minimum atomic E-state index is -0.325. The predicted molar refractivity (Wildman–Crippen MR) is 89.7 cm³/mol. The fourth-order valence-corrected chi connectivity index (χ4v) is 2.01. The van der Waals surface area contributed by atoms with Crippen LogP contribution in [0.1, 0.15) is 0 Å². The lowest BCUT2D eigenvalue weighted by molar-refractivity contribution is -0.135. The SMILES string of the molecule is CN(CC(=O)Nc1ccccc1Cl)C(=O)COc1ccccc1. The molecule has 2 amide bonds. The Kier molecular flexibility index (Phi) is 6.00. The zero-order valence-electron chi connectivity index (χ0n) is 12.7. The number of nitrogens with zero attached hydrogens (tertiary/aromatic N) is 1. The van der Waals surface area contributed by atoms with Gasteiger partial charge in [0.15, 0.2) is 6.61 Å². The molecule has 0 bridgehead atoms. The van der Waals surface area contributed by atoms with E-state index in [1.807, 2.05) is 18.2 Å². The molecule has 1 N–H and O–H groups in total. The molecule has 0 heterocycles. The monoisotopic (exact) mass is 332 g/mol. The molecule has 6 heteroatoms. The van der Waals surface area contributed by atoms with Gasteiger partial charge in [-0.15, -0.1) is 0 Å². The molecule has 0 fully saturated rings. The zero-order valence-corrected chi connectivity index (χ0v) is 13.4. The van der Waals surface area contributed by atoms with E-state index >= 15 is 0 Å². The largest absolute Gasteiger partial charge is 0.484 e. The topological polar surface area (TPSA) is 58.6 Å². The first-order valence-corrected chi connectivity index (χ1v) is 7.40. The van der Waals surface area contributed by atoms with Crippen molar-refractivity contribution in [1.82, 2.24) is 4.90 Å². The van der Waals surface area contributed by atoms with Gasteiger partial charge in [-0.05, 0) is 24.3 Å². The molecule has 0 saturated carbocycles. The highest BCUT2D eigenvalue weighted by Crippen LogP contribution is 2.20. The van der Waals surface area contributed by atoms with Crippen LogP contribution in [0, 0.1) is 0 Å². The van der Waals surface area contributed by atoms with Crippen LogP contribution in [0.25, 0.3) is 0 Å². The molecule has 0 spiro atoms. The van der Waals surface area contributed by atoms with Gasteiger partial charge in [0.1, 0.15) is 5.75 Å². The number of halogens is 1. The van der Waals surface area contributed by atoms with Crippen molar-refractivity contribution < 1.29 is 14.3 Å². The van der Waals surface area contributed by atoms with Gasteiger partial charge in [0.25, 0.3) is 5.91 Å². The summed E-state index contributed by atoms with van der Waals surface area (Å²) in [6, 6.07) is 15.9. The van der Waals surface area contributed by atoms with E-state index in [-0.39, 0.29) is 25.0 Å². The highest BCUT2D eigenvalue weighted by molar-refractivity contribution is 6.33. The number of hydrogen-bond donors (Lipinski definition) is 1. The second kappa shape index (κ2) is 8.19. The van der Waals surface area contributed by atoms with Crippen LogP contribution in [0.2, 0.25) is 5.02 Å². The number of carbonyl (C=O) groups excluding carboxylic acids is 2. The number of anilines is 1. The van der Waals surface area contributed by atoms with Gasteiger partial charge in [-0.25, -0.2) is 0 Å². The van der Waals surface area contributed by atoms with Gasteiger partial charge in [-0.1, -0.05) is 41.9 Å². The first-order valence-electron chi connectivity index (χ1n) is 7.02. The molecule has 2 aromatic rings. The third kappa shape index (κ3) is 5.30. The summed E-state index contributed by atoms with van der Waals surface area (Å²) in [5, 5.41) is 3.11. The summed E-state index contributed by atoms with van der Waals surface area (Å²) in [7, 11) is 1.54. The van der Waals surface area contributed by atoms with Gasteiger partial charge >= 0.3 is 0 Å². The zero-order chi connectivity index (χ0) is 16.7. The third-order valence-corrected chi connectivity index (χ3v) is 3.39. The number of ether oxygens (including phenoxy) is 1. The molecular weight excluding hydrogens is 316 g/mol. The van der Waals surface area contributed by atoms with E-state index in [2.05, 4.69) is 5.32 Å². The Morgan fingerprint density at radius 1 is 1.09 bits per heavy atom. The summed E-state index contributed by atoms with van der Waals surface area (Å²) in [5.74, 6) is -0.00779. The van der Waals surface area contributed by atoms with Gasteiger partial charge in [0.2, 0.25) is 5.91 Å². The number of nitrogens with one attached hydrogen (secondary N) is 1. The molecule has 0 aliphatic rings. The maximum absolute atomic E-state index is 12.0. The molecule has 0 aliphatic carbocycles. The number of carbonyl (C=O) groups is 2. The van der Waals surface area contributed by atoms with Gasteiger partial charge in [0, 0.05) is 7.05 Å². The van der Waals surface area contributed by atoms with Gasteiger partial charge in [-0.3, -0.25) is 9.59 Å². The summed E-state index contributed by atoms with van der Waals surface area (Å²) >= 11 is 5.97. The molecule has 0 aromatic heterocycles. The van der Waals surface area contributed by atoms with Crippen molar-refractivity contribution in [1.29, 1.82) is 0 Å². The average Bonchev–Trinajstić information content (AvgIpc) is 2.55. The number of hydrogen-bond acceptors (Lipinski definition) is 3. The van der Waals surface area contributed by atoms with Crippen LogP contribution in [-0.4, -0.2) is 36.9 Å². The minimum absolute atomic E-state index is 0.0811. The number of rotatable bonds is 6. The molecule has 0 unspecified atom stereocenters. The van der Waals surface area contributed by atoms with Crippen LogP contribution in [-0.2, 0) is 9.59 Å². The molecule has 23 heavy (non-hydrogen) atoms. The molecule has 2 rings (SSSR count). The van der Waals surface area contributed by atoms with Gasteiger partial charge in [0.05, 0.1) is 17.3 Å². The number of para-hydroxylation sites is 2. The Morgan fingerprint density at radius 2 is 1.74 bits per heavy atom. The Balaban J connectivity index is 1.81. The first kappa shape index (κ1) is 16.8. The quantitative estimate of drug-likeness (QED) is 0.885. The van der Waals surface area contributed by atoms with Crippen molar-refractivity contribution in [2.75, 3.05) is 25.5 Å². The lowest BCUT2D eigenvalue weighted by Gasteiger charge is -2.17. The number of benzene rings is 2. The molecule has 2 aromatic carbocycles. The van der Waals surface area contributed by atoms with E-state index < -0.39 is 0 Å². The summed E-state index contributed by atoms with van der Waals surface area (Å²) in [6.45, 7) is -0.206. The van der Waals surface area contributed by atoms with E-state index in [9.17, 15) is 9.59 Å². The maximum atomic E-state index is 12.0. The van der Waals surface area contributed by atoms with Crippen molar-refractivity contribution in [3.63, 3.8) is 0 Å². The van der Waals surface area contributed by atoms with Gasteiger partial charge < -0.3 is 15.0 Å². The predicted octanol–water partition coefficient (Wildman–Crippen LogP) is 2.82. The van der Waals surface area contributed by atoms with Gasteiger partial charge in [-0.2, -0.15) is 0 Å². The van der Waals surface area contributed by atoms with Crippen molar-refractivity contribution in [2.45, 2.75) is 0 Å². The standard InChI is InChI=1S/C17H17ClN2O3/c1-20(17(22)12-23-13-7-3-2-4-8-13)11-16(21)19-15-10-6-5-9-14(15)18/h2-10H,11-12H2,1H3,(H,19,21). The highest BCUT2D eigenvalue weighted by atomic mass is 35.5. The van der Waals surface area contributed by atoms with E-state index in [0.29, 0.717) is 16.5 Å². The van der Waals surface area contributed by atoms with Crippen LogP contribution >= 0.6 is 11.6 Å². The summed E-state index contributed by atoms with van der Waals surface area (Å²) < 4.78 is 5.36. The molecular formula is C17H17ClN2O3. The maximum Gasteiger partial charge on any atom is 0.260 e. The van der Waals surface area contributed by atoms with Crippen LogP contribution in [0.4, 0.5) is 5.69 Å². The normalized spacial score (nSPS) is 10.0. The number of amides is 2. The molecule has 5 nitrogen and oxygen atoms in total. The average molecular weight is 333 g/mol. The minimum Gasteiger partial charge on any atom is -0.484 e.